The van der Waals surface area contributed by atoms with Gasteiger partial charge in [0.15, 0.2) is 11.5 Å². The van der Waals surface area contributed by atoms with Crippen molar-refractivity contribution >= 4 is 11.6 Å². The second-order valence-corrected chi connectivity index (χ2v) is 4.22. The first-order chi connectivity index (χ1) is 9.21. The lowest BCUT2D eigenvalue weighted by Crippen LogP contribution is -2.56. The number of aliphatic hydroxyl groups excluding tert-OH is 1. The van der Waals surface area contributed by atoms with Crippen LogP contribution in [0.1, 0.15) is 0 Å². The van der Waals surface area contributed by atoms with Crippen molar-refractivity contribution in [2.24, 2.45) is 0 Å². The van der Waals surface area contributed by atoms with E-state index in [1.54, 1.807) is 37.3 Å². The van der Waals surface area contributed by atoms with Crippen molar-refractivity contribution in [3.05, 3.63) is 18.2 Å². The summed E-state index contributed by atoms with van der Waals surface area (Å²) in [5, 5.41) is 12.1. The van der Waals surface area contributed by atoms with Crippen LogP contribution in [0.3, 0.4) is 0 Å². The highest BCUT2D eigenvalue weighted by Crippen LogP contribution is 2.31. The summed E-state index contributed by atoms with van der Waals surface area (Å²) in [7, 11) is 3.12. The number of hydrogen-bond acceptors (Lipinski definition) is 5. The number of rotatable bonds is 4. The third-order valence-electron chi connectivity index (χ3n) is 3.15. The van der Waals surface area contributed by atoms with E-state index in [0.717, 1.165) is 5.69 Å². The highest BCUT2D eigenvalue weighted by atomic mass is 16.5. The molecule has 1 aliphatic heterocycles. The number of aliphatic hydroxyl groups is 1. The summed E-state index contributed by atoms with van der Waals surface area (Å²) in [6.07, 6.45) is 0. The zero-order valence-electron chi connectivity index (χ0n) is 11.0. The van der Waals surface area contributed by atoms with Crippen LogP contribution in [-0.4, -0.2) is 51.0 Å². The van der Waals surface area contributed by atoms with Crippen molar-refractivity contribution < 1.29 is 19.4 Å². The van der Waals surface area contributed by atoms with Gasteiger partial charge in [-0.3, -0.25) is 4.79 Å². The van der Waals surface area contributed by atoms with Gasteiger partial charge in [-0.2, -0.15) is 0 Å². The van der Waals surface area contributed by atoms with Gasteiger partial charge >= 0.3 is 0 Å². The third kappa shape index (κ3) is 2.64. The highest BCUT2D eigenvalue weighted by Gasteiger charge is 2.29. The van der Waals surface area contributed by atoms with Gasteiger partial charge in [0, 0.05) is 24.8 Å². The van der Waals surface area contributed by atoms with Crippen LogP contribution < -0.4 is 19.7 Å². The Hall–Kier alpha value is -1.79. The molecule has 1 unspecified atom stereocenters. The van der Waals surface area contributed by atoms with E-state index in [-0.39, 0.29) is 12.5 Å². The second-order valence-electron chi connectivity index (χ2n) is 4.22. The van der Waals surface area contributed by atoms with Crippen LogP contribution in [0.5, 0.6) is 11.5 Å². The van der Waals surface area contributed by atoms with Crippen LogP contribution >= 0.6 is 0 Å². The maximum absolute atomic E-state index is 12.1. The number of methoxy groups -OCH3 is 2. The zero-order valence-corrected chi connectivity index (χ0v) is 11.0. The van der Waals surface area contributed by atoms with Gasteiger partial charge in [-0.15, -0.1) is 0 Å². The minimum atomic E-state index is -0.540. The van der Waals surface area contributed by atoms with Crippen molar-refractivity contribution in [1.82, 2.24) is 5.32 Å². The van der Waals surface area contributed by atoms with Gasteiger partial charge in [0.05, 0.1) is 20.8 Å². The Morgan fingerprint density at radius 1 is 1.37 bits per heavy atom. The molecule has 1 amide bonds. The molecule has 104 valence electrons. The van der Waals surface area contributed by atoms with E-state index >= 15 is 0 Å². The Balaban J connectivity index is 2.28. The number of benzene rings is 1. The van der Waals surface area contributed by atoms with E-state index in [1.165, 1.54) is 0 Å². The Labute approximate surface area is 111 Å². The number of nitrogens with zero attached hydrogens (tertiary/aromatic N) is 1. The molecule has 1 aromatic carbocycles. The predicted octanol–water partition coefficient (Wildman–Crippen LogP) is 0.000900. The summed E-state index contributed by atoms with van der Waals surface area (Å²) < 4.78 is 10.4. The molecule has 1 aromatic rings. The molecular formula is C13H18N2O4. The lowest BCUT2D eigenvalue weighted by Gasteiger charge is -2.32. The third-order valence-corrected chi connectivity index (χ3v) is 3.15. The lowest BCUT2D eigenvalue weighted by molar-refractivity contribution is -0.122. The fourth-order valence-electron chi connectivity index (χ4n) is 2.13. The number of amides is 1. The van der Waals surface area contributed by atoms with Gasteiger partial charge in [0.1, 0.15) is 6.04 Å². The number of carbonyl (C=O) groups excluding carboxylic acids is 1. The van der Waals surface area contributed by atoms with Crippen LogP contribution in [0.25, 0.3) is 0 Å². The summed E-state index contributed by atoms with van der Waals surface area (Å²) >= 11 is 0. The fourth-order valence-corrected chi connectivity index (χ4v) is 2.13. The van der Waals surface area contributed by atoms with Crippen molar-refractivity contribution in [1.29, 1.82) is 0 Å². The van der Waals surface area contributed by atoms with E-state index in [1.807, 2.05) is 0 Å². The number of anilines is 1. The standard InChI is InChI=1S/C13H18N2O4/c1-18-11-4-3-9(7-12(11)19-2)15-6-5-14-10(8-16)13(15)17/h3-4,7,10,14,16H,5-6,8H2,1-2H3. The Morgan fingerprint density at radius 2 is 2.11 bits per heavy atom. The van der Waals surface area contributed by atoms with Crippen LogP contribution in [0, 0.1) is 0 Å². The van der Waals surface area contributed by atoms with E-state index in [4.69, 9.17) is 14.6 Å². The fraction of sp³-hybridized carbons (Fsp3) is 0.462. The molecule has 1 saturated heterocycles. The molecule has 1 aliphatic rings. The molecule has 2 N–H and O–H groups in total. The van der Waals surface area contributed by atoms with Gasteiger partial charge in [-0.1, -0.05) is 0 Å². The summed E-state index contributed by atoms with van der Waals surface area (Å²) in [4.78, 5) is 13.8. The van der Waals surface area contributed by atoms with Gasteiger partial charge in [0.2, 0.25) is 5.91 Å². The molecule has 2 rings (SSSR count). The lowest BCUT2D eigenvalue weighted by atomic mass is 10.1. The van der Waals surface area contributed by atoms with Gasteiger partial charge < -0.3 is 24.8 Å². The molecule has 1 atom stereocenters. The Morgan fingerprint density at radius 3 is 2.74 bits per heavy atom. The first kappa shape index (κ1) is 13.6. The van der Waals surface area contributed by atoms with Gasteiger partial charge in [0.25, 0.3) is 0 Å². The molecule has 1 fully saturated rings. The van der Waals surface area contributed by atoms with E-state index < -0.39 is 6.04 Å². The molecule has 6 nitrogen and oxygen atoms in total. The van der Waals surface area contributed by atoms with E-state index in [2.05, 4.69) is 5.32 Å². The molecule has 0 bridgehead atoms. The summed E-state index contributed by atoms with van der Waals surface area (Å²) in [5.74, 6) is 1.06. The van der Waals surface area contributed by atoms with Crippen LogP contribution in [0.2, 0.25) is 0 Å². The first-order valence-corrected chi connectivity index (χ1v) is 6.09. The molecule has 0 aliphatic carbocycles. The van der Waals surface area contributed by atoms with Crippen LogP contribution in [-0.2, 0) is 4.79 Å². The number of hydrogen-bond donors (Lipinski definition) is 2. The maximum atomic E-state index is 12.1. The summed E-state index contributed by atoms with van der Waals surface area (Å²) in [6, 6.07) is 4.79. The van der Waals surface area contributed by atoms with Gasteiger partial charge in [-0.05, 0) is 12.1 Å². The number of carbonyl (C=O) groups is 1. The summed E-state index contributed by atoms with van der Waals surface area (Å²) in [6.45, 7) is 0.999. The average Bonchev–Trinajstić information content (AvgIpc) is 2.46. The molecule has 19 heavy (non-hydrogen) atoms. The van der Waals surface area contributed by atoms with Crippen LogP contribution in [0.4, 0.5) is 5.69 Å². The quantitative estimate of drug-likeness (QED) is 0.803. The normalized spacial score (nSPS) is 19.4. The largest absolute Gasteiger partial charge is 0.493 e. The van der Waals surface area contributed by atoms with Gasteiger partial charge in [-0.25, -0.2) is 0 Å². The Kier molecular flexibility index (Phi) is 4.24. The molecule has 0 aromatic heterocycles. The highest BCUT2D eigenvalue weighted by molar-refractivity contribution is 5.98. The number of ether oxygens (including phenoxy) is 2. The average molecular weight is 266 g/mol. The van der Waals surface area contributed by atoms with E-state index in [9.17, 15) is 4.79 Å². The van der Waals surface area contributed by atoms with Crippen molar-refractivity contribution in [2.75, 3.05) is 38.8 Å². The second kappa shape index (κ2) is 5.90. The molecule has 0 radical (unpaired) electrons. The molecule has 1 heterocycles. The minimum Gasteiger partial charge on any atom is -0.493 e. The van der Waals surface area contributed by atoms with Crippen molar-refractivity contribution in [3.8, 4) is 11.5 Å². The predicted molar refractivity (Wildman–Crippen MR) is 70.8 cm³/mol. The first-order valence-electron chi connectivity index (χ1n) is 6.09. The monoisotopic (exact) mass is 266 g/mol. The van der Waals surface area contributed by atoms with Crippen molar-refractivity contribution in [3.63, 3.8) is 0 Å². The maximum Gasteiger partial charge on any atom is 0.246 e. The van der Waals surface area contributed by atoms with Crippen molar-refractivity contribution in [2.45, 2.75) is 6.04 Å². The molecule has 0 saturated carbocycles. The topological polar surface area (TPSA) is 71.0 Å². The molecule has 0 spiro atoms. The molecule has 6 heteroatoms. The summed E-state index contributed by atoms with van der Waals surface area (Å²) in [5.41, 5.74) is 0.739. The van der Waals surface area contributed by atoms with Crippen LogP contribution in [0.15, 0.2) is 18.2 Å². The minimum absolute atomic E-state index is 0.138. The smallest absolute Gasteiger partial charge is 0.246 e. The Bertz CT molecular complexity index is 464. The number of piperazine rings is 1. The molecular weight excluding hydrogens is 248 g/mol. The van der Waals surface area contributed by atoms with E-state index in [0.29, 0.717) is 24.6 Å². The SMILES string of the molecule is COc1ccc(N2CCNC(CO)C2=O)cc1OC. The zero-order chi connectivity index (χ0) is 13.8. The number of nitrogens with one attached hydrogen (secondary N) is 1.